The third kappa shape index (κ3) is 2.19. The van der Waals surface area contributed by atoms with Gasteiger partial charge in [0.2, 0.25) is 0 Å². The van der Waals surface area contributed by atoms with Gasteiger partial charge in [0.05, 0.1) is 22.8 Å². The standard InChI is InChI=1S/C21H19ClN4O2/c22-18-14(9-24-20-17(18)21(4-5-21)11-25-20)13-8-23-19-12(13)2-1-3-15(19)26-6-7-28-10-16(26)27/h1-3,8-9,23H,4-7,10-11H2,(H,24,25). The van der Waals surface area contributed by atoms with Crippen molar-refractivity contribution in [2.45, 2.75) is 18.3 Å². The van der Waals surface area contributed by atoms with E-state index in [9.17, 15) is 4.79 Å². The van der Waals surface area contributed by atoms with Gasteiger partial charge < -0.3 is 19.9 Å². The van der Waals surface area contributed by atoms with Gasteiger partial charge in [-0.05, 0) is 18.9 Å². The molecule has 1 aromatic carbocycles. The number of para-hydroxylation sites is 1. The van der Waals surface area contributed by atoms with Crippen LogP contribution in [0.5, 0.6) is 0 Å². The number of H-pyrrole nitrogens is 1. The van der Waals surface area contributed by atoms with Crippen LogP contribution in [0.25, 0.3) is 22.0 Å². The van der Waals surface area contributed by atoms with Crippen molar-refractivity contribution in [2.75, 3.05) is 36.5 Å². The Hall–Kier alpha value is -2.57. The normalized spacial score (nSPS) is 19.9. The predicted molar refractivity (Wildman–Crippen MR) is 109 cm³/mol. The number of nitrogens with one attached hydrogen (secondary N) is 2. The van der Waals surface area contributed by atoms with Crippen molar-refractivity contribution < 1.29 is 9.53 Å². The Balaban J connectivity index is 1.50. The Labute approximate surface area is 166 Å². The van der Waals surface area contributed by atoms with Gasteiger partial charge in [-0.3, -0.25) is 4.79 Å². The van der Waals surface area contributed by atoms with E-state index in [0.717, 1.165) is 57.9 Å². The largest absolute Gasteiger partial charge is 0.370 e. The number of halogens is 1. The van der Waals surface area contributed by atoms with Crippen molar-refractivity contribution in [1.82, 2.24) is 9.97 Å². The molecule has 0 unspecified atom stereocenters. The first kappa shape index (κ1) is 16.4. The molecular weight excluding hydrogens is 376 g/mol. The Morgan fingerprint density at radius 1 is 1.25 bits per heavy atom. The average molecular weight is 395 g/mol. The van der Waals surface area contributed by atoms with Gasteiger partial charge >= 0.3 is 0 Å². The number of benzene rings is 1. The van der Waals surface area contributed by atoms with E-state index >= 15 is 0 Å². The van der Waals surface area contributed by atoms with Gasteiger partial charge in [-0.1, -0.05) is 23.7 Å². The summed E-state index contributed by atoms with van der Waals surface area (Å²) in [5, 5.41) is 5.23. The van der Waals surface area contributed by atoms with Crippen molar-refractivity contribution in [1.29, 1.82) is 0 Å². The lowest BCUT2D eigenvalue weighted by atomic mass is 9.96. The van der Waals surface area contributed by atoms with E-state index in [-0.39, 0.29) is 17.9 Å². The first-order chi connectivity index (χ1) is 13.7. The maximum Gasteiger partial charge on any atom is 0.253 e. The molecule has 0 bridgehead atoms. The summed E-state index contributed by atoms with van der Waals surface area (Å²) in [5.74, 6) is 0.902. The monoisotopic (exact) mass is 394 g/mol. The fourth-order valence-corrected chi connectivity index (χ4v) is 5.01. The molecule has 3 aliphatic rings. The fraction of sp³-hybridized carbons (Fsp3) is 0.333. The molecule has 4 heterocycles. The summed E-state index contributed by atoms with van der Waals surface area (Å²) in [7, 11) is 0. The number of rotatable bonds is 2. The van der Waals surface area contributed by atoms with Crippen molar-refractivity contribution in [3.8, 4) is 11.1 Å². The van der Waals surface area contributed by atoms with Gasteiger partial charge in [0, 0.05) is 53.0 Å². The number of amides is 1. The van der Waals surface area contributed by atoms with E-state index in [1.807, 2.05) is 24.5 Å². The number of pyridine rings is 1. The summed E-state index contributed by atoms with van der Waals surface area (Å²) >= 11 is 6.91. The molecule has 3 aromatic rings. The number of carbonyl (C=O) groups excluding carboxylic acids is 1. The van der Waals surface area contributed by atoms with Crippen molar-refractivity contribution in [2.24, 2.45) is 0 Å². The zero-order valence-corrected chi connectivity index (χ0v) is 16.0. The molecule has 0 atom stereocenters. The van der Waals surface area contributed by atoms with Crippen LogP contribution in [0.2, 0.25) is 5.02 Å². The van der Waals surface area contributed by atoms with Gasteiger partial charge in [-0.25, -0.2) is 4.98 Å². The summed E-state index contributed by atoms with van der Waals surface area (Å²) < 4.78 is 5.27. The lowest BCUT2D eigenvalue weighted by Crippen LogP contribution is -2.41. The molecule has 1 saturated carbocycles. The van der Waals surface area contributed by atoms with Crippen LogP contribution in [0.3, 0.4) is 0 Å². The van der Waals surface area contributed by atoms with Crippen LogP contribution in [0.4, 0.5) is 11.5 Å². The highest BCUT2D eigenvalue weighted by Crippen LogP contribution is 2.57. The summed E-state index contributed by atoms with van der Waals surface area (Å²) in [6.07, 6.45) is 6.14. The smallest absolute Gasteiger partial charge is 0.253 e. The Morgan fingerprint density at radius 3 is 2.96 bits per heavy atom. The summed E-state index contributed by atoms with van der Waals surface area (Å²) in [4.78, 5) is 22.1. The summed E-state index contributed by atoms with van der Waals surface area (Å²) in [6, 6.07) is 6.01. The predicted octanol–water partition coefficient (Wildman–Crippen LogP) is 3.70. The molecule has 28 heavy (non-hydrogen) atoms. The van der Waals surface area contributed by atoms with E-state index < -0.39 is 0 Å². The number of hydrogen-bond donors (Lipinski definition) is 2. The molecule has 2 aromatic heterocycles. The van der Waals surface area contributed by atoms with Crippen LogP contribution < -0.4 is 10.2 Å². The fourth-order valence-electron chi connectivity index (χ4n) is 4.57. The maximum atomic E-state index is 12.3. The number of nitrogens with zero attached hydrogens (tertiary/aromatic N) is 2. The van der Waals surface area contributed by atoms with Crippen LogP contribution in [0.1, 0.15) is 18.4 Å². The minimum atomic E-state index is -0.0196. The van der Waals surface area contributed by atoms with Gasteiger partial charge in [0.25, 0.3) is 5.91 Å². The Morgan fingerprint density at radius 2 is 2.14 bits per heavy atom. The highest BCUT2D eigenvalue weighted by molar-refractivity contribution is 6.35. The van der Waals surface area contributed by atoms with Gasteiger partial charge in [0.15, 0.2) is 0 Å². The van der Waals surface area contributed by atoms with E-state index in [1.54, 1.807) is 4.90 Å². The number of fused-ring (bicyclic) bond motifs is 3. The molecule has 2 N–H and O–H groups in total. The van der Waals surface area contributed by atoms with Crippen LogP contribution in [0, 0.1) is 0 Å². The first-order valence-electron chi connectivity index (χ1n) is 9.59. The number of anilines is 2. The molecule has 142 valence electrons. The molecule has 2 fully saturated rings. The zero-order valence-electron chi connectivity index (χ0n) is 15.2. The van der Waals surface area contributed by atoms with E-state index in [1.165, 1.54) is 5.56 Å². The number of aromatic amines is 1. The van der Waals surface area contributed by atoms with Crippen LogP contribution in [-0.2, 0) is 14.9 Å². The molecule has 1 spiro atoms. The minimum Gasteiger partial charge on any atom is -0.370 e. The van der Waals surface area contributed by atoms with Crippen molar-refractivity contribution in [3.63, 3.8) is 0 Å². The zero-order chi connectivity index (χ0) is 18.9. The summed E-state index contributed by atoms with van der Waals surface area (Å²) in [6.45, 7) is 2.16. The van der Waals surface area contributed by atoms with E-state index in [0.29, 0.717) is 13.2 Å². The Bertz CT molecular complexity index is 1130. The van der Waals surface area contributed by atoms with Crippen LogP contribution >= 0.6 is 11.6 Å². The third-order valence-electron chi connectivity index (χ3n) is 6.25. The molecule has 1 aliphatic carbocycles. The lowest BCUT2D eigenvalue weighted by molar-refractivity contribution is -0.125. The highest BCUT2D eigenvalue weighted by atomic mass is 35.5. The number of ether oxygens (including phenoxy) is 1. The second-order valence-electron chi connectivity index (χ2n) is 7.84. The minimum absolute atomic E-state index is 0.0196. The SMILES string of the molecule is O=C1COCCN1c1cccc2c(-c3cnc4c(c3Cl)C3(CC3)CN4)c[nH]c12. The van der Waals surface area contributed by atoms with Gasteiger partial charge in [-0.15, -0.1) is 0 Å². The average Bonchev–Trinajstić information content (AvgIpc) is 3.20. The third-order valence-corrected chi connectivity index (χ3v) is 6.65. The highest BCUT2D eigenvalue weighted by Gasteiger charge is 2.51. The second kappa shape index (κ2) is 5.72. The number of carbonyl (C=O) groups is 1. The number of hydrogen-bond acceptors (Lipinski definition) is 4. The number of morpholine rings is 1. The summed E-state index contributed by atoms with van der Waals surface area (Å²) in [5.41, 5.74) is 5.10. The van der Waals surface area contributed by atoms with E-state index in [2.05, 4.69) is 21.4 Å². The molecule has 1 saturated heterocycles. The Kier molecular flexibility index (Phi) is 3.35. The molecule has 7 heteroatoms. The topological polar surface area (TPSA) is 70.2 Å². The number of aromatic nitrogens is 2. The van der Waals surface area contributed by atoms with Gasteiger partial charge in [0.1, 0.15) is 12.4 Å². The van der Waals surface area contributed by atoms with Crippen molar-refractivity contribution >= 4 is 39.9 Å². The quantitative estimate of drug-likeness (QED) is 0.695. The van der Waals surface area contributed by atoms with Gasteiger partial charge in [-0.2, -0.15) is 0 Å². The van der Waals surface area contributed by atoms with Crippen LogP contribution in [-0.4, -0.2) is 42.2 Å². The molecular formula is C21H19ClN4O2. The van der Waals surface area contributed by atoms with Crippen LogP contribution in [0.15, 0.2) is 30.6 Å². The van der Waals surface area contributed by atoms with Crippen molar-refractivity contribution in [3.05, 3.63) is 41.2 Å². The molecule has 0 radical (unpaired) electrons. The first-order valence-corrected chi connectivity index (χ1v) is 9.97. The molecule has 6 nitrogen and oxygen atoms in total. The maximum absolute atomic E-state index is 12.3. The molecule has 2 aliphatic heterocycles. The van der Waals surface area contributed by atoms with E-state index in [4.69, 9.17) is 16.3 Å². The molecule has 6 rings (SSSR count). The second-order valence-corrected chi connectivity index (χ2v) is 8.22. The molecule has 1 amide bonds. The lowest BCUT2D eigenvalue weighted by Gasteiger charge is -2.27.